The normalized spacial score (nSPS) is 13.7. The molecule has 0 saturated carbocycles. The van der Waals surface area contributed by atoms with Crippen LogP contribution in [0.1, 0.15) is 17.2 Å². The molecule has 2 heterocycles. The summed E-state index contributed by atoms with van der Waals surface area (Å²) in [7, 11) is 3.59. The van der Waals surface area contributed by atoms with E-state index in [-0.39, 0.29) is 18.3 Å². The maximum atomic E-state index is 12.4. The van der Waals surface area contributed by atoms with Gasteiger partial charge in [0.05, 0.1) is 6.20 Å². The third-order valence-electron chi connectivity index (χ3n) is 3.93. The molecular weight excluding hydrogens is 344 g/mol. The fourth-order valence-electron chi connectivity index (χ4n) is 2.71. The van der Waals surface area contributed by atoms with Crippen LogP contribution in [0.15, 0.2) is 30.6 Å². The van der Waals surface area contributed by atoms with Crippen molar-refractivity contribution in [2.45, 2.75) is 12.5 Å². The number of hydrogen-bond donors (Lipinski definition) is 2. The second-order valence-corrected chi connectivity index (χ2v) is 5.69. The summed E-state index contributed by atoms with van der Waals surface area (Å²) >= 11 is 0. The third-order valence-corrected chi connectivity index (χ3v) is 3.93. The van der Waals surface area contributed by atoms with Crippen LogP contribution < -0.4 is 20.1 Å². The average molecular weight is 367 g/mol. The average Bonchev–Trinajstić information content (AvgIpc) is 3.01. The molecule has 8 heteroatoms. The van der Waals surface area contributed by atoms with Gasteiger partial charge in [-0.2, -0.15) is 5.10 Å². The summed E-state index contributed by atoms with van der Waals surface area (Å²) in [5.74, 6) is 1.48. The molecule has 1 atom stereocenters. The molecule has 3 rings (SSSR count). The van der Waals surface area contributed by atoms with Gasteiger partial charge in [0.1, 0.15) is 19.3 Å². The Labute approximate surface area is 153 Å². The maximum absolute atomic E-state index is 12.4. The van der Waals surface area contributed by atoms with Crippen molar-refractivity contribution in [1.29, 1.82) is 0 Å². The highest BCUT2D eigenvalue weighted by molar-refractivity contribution is 5.85. The van der Waals surface area contributed by atoms with Crippen LogP contribution >= 0.6 is 12.4 Å². The zero-order chi connectivity index (χ0) is 16.9. The molecular formula is C17H23ClN4O3. The van der Waals surface area contributed by atoms with Crippen LogP contribution in [0.25, 0.3) is 0 Å². The van der Waals surface area contributed by atoms with Crippen molar-refractivity contribution in [3.05, 3.63) is 41.7 Å². The molecule has 0 saturated heterocycles. The van der Waals surface area contributed by atoms with Gasteiger partial charge in [0.2, 0.25) is 5.91 Å². The van der Waals surface area contributed by atoms with Gasteiger partial charge in [-0.1, -0.05) is 6.07 Å². The summed E-state index contributed by atoms with van der Waals surface area (Å²) in [6.45, 7) is 1.71. The molecule has 1 aliphatic rings. The van der Waals surface area contributed by atoms with Gasteiger partial charge in [0.25, 0.3) is 0 Å². The summed E-state index contributed by atoms with van der Waals surface area (Å²) in [6.07, 6.45) is 4.26. The van der Waals surface area contributed by atoms with Gasteiger partial charge in [-0.05, 0) is 31.2 Å². The molecule has 0 spiro atoms. The highest BCUT2D eigenvalue weighted by atomic mass is 35.5. The minimum Gasteiger partial charge on any atom is -0.486 e. The quantitative estimate of drug-likeness (QED) is 0.804. The number of carbonyl (C=O) groups excluding carboxylic acids is 1. The Morgan fingerprint density at radius 3 is 2.76 bits per heavy atom. The van der Waals surface area contributed by atoms with E-state index in [4.69, 9.17) is 9.47 Å². The van der Waals surface area contributed by atoms with E-state index >= 15 is 0 Å². The number of aromatic nitrogens is 2. The highest BCUT2D eigenvalue weighted by Gasteiger charge is 2.19. The Morgan fingerprint density at radius 1 is 1.32 bits per heavy atom. The Bertz CT molecular complexity index is 720. The van der Waals surface area contributed by atoms with E-state index in [0.29, 0.717) is 19.8 Å². The number of likely N-dealkylation sites (N-methyl/N-ethyl adjacent to an activating group) is 1. The lowest BCUT2D eigenvalue weighted by Gasteiger charge is -2.19. The molecule has 1 aromatic carbocycles. The number of nitrogens with zero attached hydrogens (tertiary/aromatic N) is 2. The molecule has 0 aliphatic carbocycles. The lowest BCUT2D eigenvalue weighted by atomic mass is 10.1. The monoisotopic (exact) mass is 366 g/mol. The van der Waals surface area contributed by atoms with Gasteiger partial charge in [-0.25, -0.2) is 0 Å². The molecule has 0 bridgehead atoms. The first-order chi connectivity index (χ1) is 11.7. The maximum Gasteiger partial charge on any atom is 0.241 e. The molecule has 2 N–H and O–H groups in total. The van der Waals surface area contributed by atoms with Gasteiger partial charge in [-0.15, -0.1) is 12.4 Å². The number of nitrogens with one attached hydrogen (secondary N) is 2. The van der Waals surface area contributed by atoms with Crippen molar-refractivity contribution in [3.8, 4) is 11.5 Å². The molecule has 1 unspecified atom stereocenters. The molecule has 1 amide bonds. The van der Waals surface area contributed by atoms with E-state index in [2.05, 4.69) is 15.7 Å². The first-order valence-corrected chi connectivity index (χ1v) is 7.99. The largest absolute Gasteiger partial charge is 0.486 e. The SMILES string of the molecule is CNC(C(=O)NCCc1ccc2c(c1)OCCO2)c1cnn(C)c1.Cl. The van der Waals surface area contributed by atoms with E-state index in [1.165, 1.54) is 0 Å². The van der Waals surface area contributed by atoms with Crippen LogP contribution in [0, 0.1) is 0 Å². The summed E-state index contributed by atoms with van der Waals surface area (Å²) in [5.41, 5.74) is 1.94. The zero-order valence-electron chi connectivity index (χ0n) is 14.3. The number of aryl methyl sites for hydroxylation is 1. The van der Waals surface area contributed by atoms with E-state index in [9.17, 15) is 4.79 Å². The molecule has 7 nitrogen and oxygen atoms in total. The van der Waals surface area contributed by atoms with Crippen LogP contribution in [-0.2, 0) is 18.3 Å². The van der Waals surface area contributed by atoms with Crippen molar-refractivity contribution >= 4 is 18.3 Å². The molecule has 136 valence electrons. The molecule has 0 fully saturated rings. The van der Waals surface area contributed by atoms with Crippen molar-refractivity contribution in [1.82, 2.24) is 20.4 Å². The molecule has 1 aliphatic heterocycles. The van der Waals surface area contributed by atoms with Crippen LogP contribution in [0.3, 0.4) is 0 Å². The van der Waals surface area contributed by atoms with Crippen LogP contribution in [0.2, 0.25) is 0 Å². The Morgan fingerprint density at radius 2 is 2.08 bits per heavy atom. The highest BCUT2D eigenvalue weighted by Crippen LogP contribution is 2.30. The minimum atomic E-state index is -0.404. The fourth-order valence-corrected chi connectivity index (χ4v) is 2.71. The van der Waals surface area contributed by atoms with Gasteiger partial charge in [0.15, 0.2) is 11.5 Å². The molecule has 25 heavy (non-hydrogen) atoms. The summed E-state index contributed by atoms with van der Waals surface area (Å²) in [6, 6.07) is 5.48. The van der Waals surface area contributed by atoms with Crippen molar-refractivity contribution in [3.63, 3.8) is 0 Å². The number of carbonyl (C=O) groups is 1. The lowest BCUT2D eigenvalue weighted by Crippen LogP contribution is -2.36. The van der Waals surface area contributed by atoms with Crippen molar-refractivity contribution in [2.75, 3.05) is 26.8 Å². The van der Waals surface area contributed by atoms with Crippen LogP contribution in [0.5, 0.6) is 11.5 Å². The summed E-state index contributed by atoms with van der Waals surface area (Å²) < 4.78 is 12.8. The summed E-state index contributed by atoms with van der Waals surface area (Å²) in [5, 5.41) is 10.1. The number of halogens is 1. The van der Waals surface area contributed by atoms with Crippen molar-refractivity contribution < 1.29 is 14.3 Å². The first kappa shape index (κ1) is 19.1. The van der Waals surface area contributed by atoms with Crippen LogP contribution in [-0.4, -0.2) is 42.5 Å². The number of fused-ring (bicyclic) bond motifs is 1. The second kappa shape index (κ2) is 8.73. The predicted octanol–water partition coefficient (Wildman–Crippen LogP) is 1.23. The Balaban J connectivity index is 0.00000225. The fraction of sp³-hybridized carbons (Fsp3) is 0.412. The van der Waals surface area contributed by atoms with Crippen molar-refractivity contribution in [2.24, 2.45) is 7.05 Å². The third kappa shape index (κ3) is 4.64. The van der Waals surface area contributed by atoms with Gasteiger partial charge < -0.3 is 20.1 Å². The van der Waals surface area contributed by atoms with Gasteiger partial charge in [0, 0.05) is 25.4 Å². The predicted molar refractivity (Wildman–Crippen MR) is 96.4 cm³/mol. The molecule has 0 radical (unpaired) electrons. The van der Waals surface area contributed by atoms with E-state index in [1.807, 2.05) is 31.4 Å². The molecule has 2 aromatic rings. The van der Waals surface area contributed by atoms with Gasteiger partial charge >= 0.3 is 0 Å². The van der Waals surface area contributed by atoms with Crippen LogP contribution in [0.4, 0.5) is 0 Å². The first-order valence-electron chi connectivity index (χ1n) is 7.99. The zero-order valence-corrected chi connectivity index (χ0v) is 15.1. The topological polar surface area (TPSA) is 77.4 Å². The number of hydrogen-bond acceptors (Lipinski definition) is 5. The minimum absolute atomic E-state index is 0. The lowest BCUT2D eigenvalue weighted by molar-refractivity contribution is -0.123. The van der Waals surface area contributed by atoms with E-state index in [0.717, 1.165) is 29.0 Å². The number of amides is 1. The Kier molecular flexibility index (Phi) is 6.66. The van der Waals surface area contributed by atoms with Gasteiger partial charge in [-0.3, -0.25) is 9.48 Å². The molecule has 1 aromatic heterocycles. The standard InChI is InChI=1S/C17H22N4O3.ClH/c1-18-16(13-10-20-21(2)11-13)17(22)19-6-5-12-3-4-14-15(9-12)24-8-7-23-14;/h3-4,9-11,16,18H,5-8H2,1-2H3,(H,19,22);1H. The number of benzene rings is 1. The Hall–Kier alpha value is -2.25. The smallest absolute Gasteiger partial charge is 0.241 e. The van der Waals surface area contributed by atoms with E-state index < -0.39 is 6.04 Å². The number of ether oxygens (including phenoxy) is 2. The number of rotatable bonds is 6. The second-order valence-electron chi connectivity index (χ2n) is 5.69. The van der Waals surface area contributed by atoms with E-state index in [1.54, 1.807) is 17.9 Å². The summed E-state index contributed by atoms with van der Waals surface area (Å²) in [4.78, 5) is 12.4.